The fourth-order valence-corrected chi connectivity index (χ4v) is 2.06. The number of nitrogens with one attached hydrogen (secondary N) is 2. The van der Waals surface area contributed by atoms with Gasteiger partial charge in [-0.05, 0) is 49.8 Å². The highest BCUT2D eigenvalue weighted by Gasteiger charge is 2.25. The van der Waals surface area contributed by atoms with Crippen LogP contribution in [0, 0.1) is 0 Å². The maximum atomic E-state index is 11.7. The molecule has 2 amide bonds. The zero-order chi connectivity index (χ0) is 17.7. The van der Waals surface area contributed by atoms with Crippen LogP contribution in [0.4, 0.5) is 0 Å². The van der Waals surface area contributed by atoms with E-state index in [1.54, 1.807) is 38.1 Å². The first kappa shape index (κ1) is 17.6. The summed E-state index contributed by atoms with van der Waals surface area (Å²) in [5.74, 6) is -1.10. The van der Waals surface area contributed by atoms with Crippen molar-refractivity contribution in [2.45, 2.75) is 20.0 Å². The molecular formula is C16H16N2O5S. The third kappa shape index (κ3) is 4.88. The smallest absolute Gasteiger partial charge is 0.344 e. The highest BCUT2D eigenvalue weighted by Crippen LogP contribution is 2.15. The third-order valence-electron chi connectivity index (χ3n) is 2.86. The van der Waals surface area contributed by atoms with E-state index in [0.29, 0.717) is 11.3 Å². The number of esters is 1. The molecule has 0 radical (unpaired) electrons. The second-order valence-corrected chi connectivity index (χ2v) is 5.60. The van der Waals surface area contributed by atoms with Crippen LogP contribution in [0.5, 0.6) is 5.75 Å². The highest BCUT2D eigenvalue weighted by molar-refractivity contribution is 7.80. The normalized spacial score (nSPS) is 14.1. The highest BCUT2D eigenvalue weighted by atomic mass is 32.1. The van der Waals surface area contributed by atoms with Crippen molar-refractivity contribution in [3.8, 4) is 5.75 Å². The summed E-state index contributed by atoms with van der Waals surface area (Å²) in [6.07, 6.45) is 1.24. The summed E-state index contributed by atoms with van der Waals surface area (Å²) in [5, 5.41) is 4.70. The molecule has 2 N–H and O–H groups in total. The molecule has 8 heteroatoms. The van der Waals surface area contributed by atoms with Crippen LogP contribution in [0.25, 0.3) is 6.08 Å². The quantitative estimate of drug-likeness (QED) is 0.356. The Morgan fingerprint density at radius 1 is 1.17 bits per heavy atom. The predicted molar refractivity (Wildman–Crippen MR) is 90.0 cm³/mol. The number of amides is 2. The van der Waals surface area contributed by atoms with Crippen LogP contribution < -0.4 is 15.4 Å². The summed E-state index contributed by atoms with van der Waals surface area (Å²) in [4.78, 5) is 34.9. The summed E-state index contributed by atoms with van der Waals surface area (Å²) >= 11 is 4.73. The summed E-state index contributed by atoms with van der Waals surface area (Å²) in [7, 11) is 0. The van der Waals surface area contributed by atoms with Crippen LogP contribution in [0.1, 0.15) is 19.4 Å². The van der Waals surface area contributed by atoms with E-state index >= 15 is 0 Å². The minimum atomic E-state index is -0.555. The van der Waals surface area contributed by atoms with Gasteiger partial charge in [0.15, 0.2) is 11.7 Å². The monoisotopic (exact) mass is 348 g/mol. The first-order chi connectivity index (χ1) is 11.3. The molecule has 1 aromatic rings. The van der Waals surface area contributed by atoms with Gasteiger partial charge in [0.25, 0.3) is 11.8 Å². The lowest BCUT2D eigenvalue weighted by Gasteiger charge is -2.16. The first-order valence-corrected chi connectivity index (χ1v) is 7.56. The van der Waals surface area contributed by atoms with Gasteiger partial charge in [0.1, 0.15) is 11.3 Å². The van der Waals surface area contributed by atoms with Crippen LogP contribution in [-0.4, -0.2) is 35.6 Å². The van der Waals surface area contributed by atoms with Gasteiger partial charge in [0.2, 0.25) is 0 Å². The lowest BCUT2D eigenvalue weighted by molar-refractivity contribution is -0.149. The standard InChI is InChI=1S/C16H16N2O5S/c1-9(2)23-13(19)8-22-11-5-3-10(4-6-11)7-12-14(20)17-16(24)18-15(12)21/h3-7,9H,8H2,1-2H3,(H2,17,18,20,21,24). The number of carbonyl (C=O) groups is 3. The van der Waals surface area contributed by atoms with Crippen LogP contribution in [0.15, 0.2) is 29.8 Å². The van der Waals surface area contributed by atoms with Crippen LogP contribution >= 0.6 is 12.2 Å². The lowest BCUT2D eigenvalue weighted by atomic mass is 10.1. The Labute approximate surface area is 144 Å². The van der Waals surface area contributed by atoms with Crippen molar-refractivity contribution < 1.29 is 23.9 Å². The van der Waals surface area contributed by atoms with Crippen molar-refractivity contribution >= 4 is 41.2 Å². The second-order valence-electron chi connectivity index (χ2n) is 5.19. The number of carbonyl (C=O) groups excluding carboxylic acids is 3. The Morgan fingerprint density at radius 2 is 1.75 bits per heavy atom. The van der Waals surface area contributed by atoms with Gasteiger partial charge in [0, 0.05) is 0 Å². The van der Waals surface area contributed by atoms with E-state index in [1.165, 1.54) is 6.08 Å². The molecule has 24 heavy (non-hydrogen) atoms. The molecule has 0 spiro atoms. The summed E-state index contributed by atoms with van der Waals surface area (Å²) in [6.45, 7) is 3.32. The Morgan fingerprint density at radius 3 is 2.29 bits per heavy atom. The number of benzene rings is 1. The first-order valence-electron chi connectivity index (χ1n) is 7.16. The molecular weight excluding hydrogens is 332 g/mol. The molecule has 1 aliphatic rings. The van der Waals surface area contributed by atoms with E-state index in [4.69, 9.17) is 21.7 Å². The topological polar surface area (TPSA) is 93.7 Å². The molecule has 2 rings (SSSR count). The van der Waals surface area contributed by atoms with Gasteiger partial charge in [0.05, 0.1) is 6.10 Å². The fraction of sp³-hybridized carbons (Fsp3) is 0.250. The van der Waals surface area contributed by atoms with E-state index in [1.807, 2.05) is 0 Å². The Balaban J connectivity index is 2.00. The Bertz CT molecular complexity index is 688. The minimum absolute atomic E-state index is 0.0146. The maximum absolute atomic E-state index is 11.7. The maximum Gasteiger partial charge on any atom is 0.344 e. The molecule has 0 unspecified atom stereocenters. The van der Waals surface area contributed by atoms with Gasteiger partial charge in [-0.25, -0.2) is 4.79 Å². The molecule has 0 aliphatic carbocycles. The van der Waals surface area contributed by atoms with Crippen molar-refractivity contribution in [1.29, 1.82) is 0 Å². The summed E-state index contributed by atoms with van der Waals surface area (Å²) in [5.41, 5.74) is 0.581. The SMILES string of the molecule is CC(C)OC(=O)COc1ccc(C=C2C(=O)NC(=S)NC2=O)cc1. The van der Waals surface area contributed by atoms with Crippen LogP contribution in [0.3, 0.4) is 0 Å². The zero-order valence-corrected chi connectivity index (χ0v) is 13.9. The van der Waals surface area contributed by atoms with Crippen LogP contribution in [-0.2, 0) is 19.1 Å². The molecule has 0 aromatic heterocycles. The van der Waals surface area contributed by atoms with E-state index in [0.717, 1.165) is 0 Å². The molecule has 0 saturated carbocycles. The zero-order valence-electron chi connectivity index (χ0n) is 13.1. The molecule has 1 saturated heterocycles. The lowest BCUT2D eigenvalue weighted by Crippen LogP contribution is -2.51. The molecule has 1 heterocycles. The van der Waals surface area contributed by atoms with Gasteiger partial charge < -0.3 is 9.47 Å². The number of hydrogen-bond donors (Lipinski definition) is 2. The Kier molecular flexibility index (Phi) is 5.64. The average Bonchev–Trinajstić information content (AvgIpc) is 2.49. The van der Waals surface area contributed by atoms with E-state index in [2.05, 4.69) is 10.6 Å². The summed E-state index contributed by atoms with van der Waals surface area (Å²) in [6, 6.07) is 6.56. The number of ether oxygens (including phenoxy) is 2. The molecule has 1 fully saturated rings. The van der Waals surface area contributed by atoms with E-state index in [-0.39, 0.29) is 23.4 Å². The van der Waals surface area contributed by atoms with Gasteiger partial charge in [-0.1, -0.05) is 12.1 Å². The molecule has 0 atom stereocenters. The largest absolute Gasteiger partial charge is 0.482 e. The van der Waals surface area contributed by atoms with Crippen molar-refractivity contribution in [3.05, 3.63) is 35.4 Å². The number of thiocarbonyl (C=S) groups is 1. The fourth-order valence-electron chi connectivity index (χ4n) is 1.87. The van der Waals surface area contributed by atoms with E-state index in [9.17, 15) is 14.4 Å². The molecule has 126 valence electrons. The Hall–Kier alpha value is -2.74. The van der Waals surface area contributed by atoms with Crippen molar-refractivity contribution in [2.75, 3.05) is 6.61 Å². The second kappa shape index (κ2) is 7.69. The van der Waals surface area contributed by atoms with Crippen molar-refractivity contribution in [2.24, 2.45) is 0 Å². The molecule has 0 bridgehead atoms. The van der Waals surface area contributed by atoms with Crippen molar-refractivity contribution in [1.82, 2.24) is 10.6 Å². The number of hydrogen-bond acceptors (Lipinski definition) is 6. The summed E-state index contributed by atoms with van der Waals surface area (Å²) < 4.78 is 10.3. The molecule has 1 aliphatic heterocycles. The van der Waals surface area contributed by atoms with Crippen LogP contribution in [0.2, 0.25) is 0 Å². The average molecular weight is 348 g/mol. The van der Waals surface area contributed by atoms with Crippen molar-refractivity contribution in [3.63, 3.8) is 0 Å². The third-order valence-corrected chi connectivity index (χ3v) is 3.06. The molecule has 7 nitrogen and oxygen atoms in total. The predicted octanol–water partition coefficient (Wildman–Crippen LogP) is 0.931. The van der Waals surface area contributed by atoms with Gasteiger partial charge in [-0.15, -0.1) is 0 Å². The van der Waals surface area contributed by atoms with Gasteiger partial charge in [-0.3, -0.25) is 20.2 Å². The van der Waals surface area contributed by atoms with Gasteiger partial charge in [-0.2, -0.15) is 0 Å². The minimum Gasteiger partial charge on any atom is -0.482 e. The van der Waals surface area contributed by atoms with E-state index < -0.39 is 17.8 Å². The number of rotatable bonds is 5. The van der Waals surface area contributed by atoms with Gasteiger partial charge >= 0.3 is 5.97 Å². The molecule has 1 aromatic carbocycles.